The quantitative estimate of drug-likeness (QED) is 0.391. The highest BCUT2D eigenvalue weighted by molar-refractivity contribution is 7.79. The minimum absolute atomic E-state index is 0. The van der Waals surface area contributed by atoms with Crippen molar-refractivity contribution in [3.63, 3.8) is 0 Å². The van der Waals surface area contributed by atoms with Gasteiger partial charge in [-0.2, -0.15) is 8.42 Å². The van der Waals surface area contributed by atoms with Gasteiger partial charge in [0.05, 0.1) is 13.2 Å². The van der Waals surface area contributed by atoms with Crippen LogP contribution in [0.5, 0.6) is 0 Å². The Morgan fingerprint density at radius 3 is 1.40 bits per heavy atom. The molecule has 0 heterocycles. The molecule has 92 valence electrons. The molecule has 5 N–H and O–H groups in total. The summed E-state index contributed by atoms with van der Waals surface area (Å²) in [5, 5.41) is 0. The van der Waals surface area contributed by atoms with E-state index in [1.807, 2.05) is 0 Å². The van der Waals surface area contributed by atoms with Crippen molar-refractivity contribution in [1.82, 2.24) is 6.15 Å². The molecule has 7 heteroatoms. The highest BCUT2D eigenvalue weighted by Gasteiger charge is 1.84. The molecule has 0 radical (unpaired) electrons. The molecule has 0 aromatic heterocycles. The first-order chi connectivity index (χ1) is 6.41. The first kappa shape index (κ1) is 23.7. The van der Waals surface area contributed by atoms with Crippen molar-refractivity contribution < 1.29 is 22.3 Å². The summed E-state index contributed by atoms with van der Waals surface area (Å²) in [6.45, 7) is 14.2. The first-order valence-corrected chi connectivity index (χ1v) is 4.81. The maximum Gasteiger partial charge on any atom is 0.394 e. The molecule has 0 aliphatic heterocycles. The zero-order valence-electron chi connectivity index (χ0n) is 8.63. The van der Waals surface area contributed by atoms with Gasteiger partial charge in [-0.15, -0.1) is 26.3 Å². The van der Waals surface area contributed by atoms with Gasteiger partial charge in [0.1, 0.15) is 0 Å². The first-order valence-electron chi connectivity index (χ1n) is 3.41. The maximum absolute atomic E-state index is 8.74. The van der Waals surface area contributed by atoms with Crippen LogP contribution in [0.1, 0.15) is 0 Å². The van der Waals surface area contributed by atoms with Crippen molar-refractivity contribution in [3.05, 3.63) is 38.5 Å². The number of hydrogen-bond acceptors (Lipinski definition) is 4. The van der Waals surface area contributed by atoms with Crippen LogP contribution in [0.3, 0.4) is 0 Å². The van der Waals surface area contributed by atoms with Crippen molar-refractivity contribution in [1.29, 1.82) is 0 Å². The zero-order valence-corrected chi connectivity index (χ0v) is 9.45. The molecule has 0 aliphatic rings. The van der Waals surface area contributed by atoms with Crippen LogP contribution in [0.25, 0.3) is 0 Å². The van der Waals surface area contributed by atoms with Gasteiger partial charge in [-0.3, -0.25) is 9.11 Å². The highest BCUT2D eigenvalue weighted by atomic mass is 32.3. The van der Waals surface area contributed by atoms with Gasteiger partial charge in [0.15, 0.2) is 0 Å². The summed E-state index contributed by atoms with van der Waals surface area (Å²) in [5.74, 6) is 0. The fourth-order valence-corrected chi connectivity index (χ4v) is 0.235. The average molecular weight is 241 g/mol. The fraction of sp³-hybridized carbons (Fsp3) is 0.250. The molecule has 0 fully saturated rings. The number of ether oxygens (including phenoxy) is 1. The second-order valence-corrected chi connectivity index (χ2v) is 2.46. The van der Waals surface area contributed by atoms with Crippen molar-refractivity contribution >= 4 is 10.4 Å². The third-order valence-electron chi connectivity index (χ3n) is 0.471. The summed E-state index contributed by atoms with van der Waals surface area (Å²) in [4.78, 5) is 0. The highest BCUT2D eigenvalue weighted by Crippen LogP contribution is 1.72. The predicted octanol–water partition coefficient (Wildman–Crippen LogP) is 1.69. The van der Waals surface area contributed by atoms with Crippen molar-refractivity contribution in [2.75, 3.05) is 13.2 Å². The van der Waals surface area contributed by atoms with Gasteiger partial charge in [0.2, 0.25) is 0 Å². The van der Waals surface area contributed by atoms with Crippen LogP contribution in [0.15, 0.2) is 38.5 Å². The molecule has 0 amide bonds. The van der Waals surface area contributed by atoms with Gasteiger partial charge in [-0.05, 0) is 0 Å². The third kappa shape index (κ3) is 174. The Morgan fingerprint density at radius 1 is 1.07 bits per heavy atom. The summed E-state index contributed by atoms with van der Waals surface area (Å²) in [5.41, 5.74) is 0. The Hall–Kier alpha value is -0.990. The molecule has 0 aromatic carbocycles. The third-order valence-corrected chi connectivity index (χ3v) is 0.471. The topological polar surface area (TPSA) is 119 Å². The SMILES string of the molecule is C=C.C=CCOCC=C.N.O=S(=O)(O)O. The lowest BCUT2D eigenvalue weighted by atomic mass is 10.6. The largest absolute Gasteiger partial charge is 0.394 e. The van der Waals surface area contributed by atoms with Gasteiger partial charge in [-0.1, -0.05) is 12.2 Å². The van der Waals surface area contributed by atoms with Crippen molar-refractivity contribution in [2.45, 2.75) is 0 Å². The van der Waals surface area contributed by atoms with Crippen LogP contribution >= 0.6 is 0 Å². The second kappa shape index (κ2) is 18.7. The smallest absolute Gasteiger partial charge is 0.373 e. The van der Waals surface area contributed by atoms with Crippen LogP contribution in [-0.2, 0) is 15.1 Å². The Labute approximate surface area is 91.1 Å². The Morgan fingerprint density at radius 2 is 1.27 bits per heavy atom. The lowest BCUT2D eigenvalue weighted by molar-refractivity contribution is 0.194. The fourth-order valence-electron chi connectivity index (χ4n) is 0.235. The number of rotatable bonds is 4. The van der Waals surface area contributed by atoms with E-state index in [-0.39, 0.29) is 6.15 Å². The summed E-state index contributed by atoms with van der Waals surface area (Å²) in [7, 11) is -4.67. The van der Waals surface area contributed by atoms with E-state index in [4.69, 9.17) is 22.3 Å². The standard InChI is InChI=1S/C6H10O.C2H4.H3N.H2O4S/c1-3-5-7-6-4-2;1-2;;1-5(2,3)4/h3-4H,1-2,5-6H2;1-2H2;1H3;(H2,1,2,3,4). The molecule has 0 spiro atoms. The molecule has 0 rings (SSSR count). The van der Waals surface area contributed by atoms with Gasteiger partial charge in [0.25, 0.3) is 0 Å². The van der Waals surface area contributed by atoms with E-state index in [1.54, 1.807) is 12.2 Å². The molecule has 15 heavy (non-hydrogen) atoms. The number of hydrogen-bond donors (Lipinski definition) is 3. The Kier molecular flexibility index (Phi) is 29.5. The monoisotopic (exact) mass is 241 g/mol. The molecule has 0 saturated carbocycles. The van der Waals surface area contributed by atoms with Gasteiger partial charge >= 0.3 is 10.4 Å². The van der Waals surface area contributed by atoms with Crippen LogP contribution in [0.4, 0.5) is 0 Å². The van der Waals surface area contributed by atoms with Crippen molar-refractivity contribution in [3.8, 4) is 0 Å². The molecule has 6 nitrogen and oxygen atoms in total. The molecule has 0 unspecified atom stereocenters. The van der Waals surface area contributed by atoms with E-state index in [1.165, 1.54) is 0 Å². The minimum atomic E-state index is -4.67. The van der Waals surface area contributed by atoms with Crippen LogP contribution in [0, 0.1) is 0 Å². The Bertz CT molecular complexity index is 209. The van der Waals surface area contributed by atoms with Crippen LogP contribution < -0.4 is 6.15 Å². The predicted molar refractivity (Wildman–Crippen MR) is 61.7 cm³/mol. The lowest BCUT2D eigenvalue weighted by Crippen LogP contribution is -1.89. The van der Waals surface area contributed by atoms with Crippen LogP contribution in [-0.4, -0.2) is 30.7 Å². The van der Waals surface area contributed by atoms with Gasteiger partial charge < -0.3 is 10.9 Å². The normalized spacial score (nSPS) is 7.87. The molecular formula is C8H19NO5S. The molecule has 0 aromatic rings. The molecule has 0 bridgehead atoms. The minimum Gasteiger partial charge on any atom is -0.373 e. The molecule has 0 saturated heterocycles. The lowest BCUT2D eigenvalue weighted by Gasteiger charge is -1.89. The van der Waals surface area contributed by atoms with E-state index >= 15 is 0 Å². The molecule has 0 aliphatic carbocycles. The average Bonchev–Trinajstić information content (AvgIpc) is 2.06. The van der Waals surface area contributed by atoms with E-state index in [0.717, 1.165) is 0 Å². The second-order valence-electron chi connectivity index (χ2n) is 1.56. The summed E-state index contributed by atoms with van der Waals surface area (Å²) >= 11 is 0. The van der Waals surface area contributed by atoms with E-state index in [9.17, 15) is 0 Å². The summed E-state index contributed by atoms with van der Waals surface area (Å²) in [6, 6.07) is 0. The molecular weight excluding hydrogens is 222 g/mol. The van der Waals surface area contributed by atoms with Crippen LogP contribution in [0.2, 0.25) is 0 Å². The Balaban J connectivity index is -0.0000000675. The zero-order chi connectivity index (χ0) is 12.0. The maximum atomic E-state index is 8.74. The summed E-state index contributed by atoms with van der Waals surface area (Å²) in [6.07, 6.45) is 3.42. The summed E-state index contributed by atoms with van der Waals surface area (Å²) < 4.78 is 36.5. The van der Waals surface area contributed by atoms with Gasteiger partial charge in [0, 0.05) is 0 Å². The van der Waals surface area contributed by atoms with Crippen molar-refractivity contribution in [2.24, 2.45) is 0 Å². The van der Waals surface area contributed by atoms with E-state index in [2.05, 4.69) is 26.3 Å². The van der Waals surface area contributed by atoms with E-state index < -0.39 is 10.4 Å². The molecule has 0 atom stereocenters. The van der Waals surface area contributed by atoms with E-state index in [0.29, 0.717) is 13.2 Å². The van der Waals surface area contributed by atoms with Gasteiger partial charge in [-0.25, -0.2) is 0 Å².